The lowest BCUT2D eigenvalue weighted by Crippen LogP contribution is -2.08. The molecule has 116 valence electrons. The molecule has 0 aliphatic carbocycles. The Hall–Kier alpha value is -3.09. The van der Waals surface area contributed by atoms with Crippen LogP contribution in [0.4, 0.5) is 8.78 Å². The van der Waals surface area contributed by atoms with Crippen LogP contribution in [0.25, 0.3) is 11.4 Å². The van der Waals surface area contributed by atoms with Crippen molar-refractivity contribution < 1.29 is 22.8 Å². The minimum absolute atomic E-state index is 0.0500. The van der Waals surface area contributed by atoms with Crippen LogP contribution in [0.5, 0.6) is 0 Å². The van der Waals surface area contributed by atoms with Gasteiger partial charge in [-0.2, -0.15) is 4.98 Å². The summed E-state index contributed by atoms with van der Waals surface area (Å²) < 4.78 is 36.3. The number of halogens is 2. The molecule has 2 aromatic carbocycles. The zero-order valence-corrected chi connectivity index (χ0v) is 11.7. The Morgan fingerprint density at radius 3 is 2.70 bits per heavy atom. The molecule has 0 N–H and O–H groups in total. The quantitative estimate of drug-likeness (QED) is 0.690. The van der Waals surface area contributed by atoms with E-state index in [0.717, 1.165) is 23.8 Å². The molecule has 1 aromatic heterocycles. The van der Waals surface area contributed by atoms with Crippen LogP contribution in [0.3, 0.4) is 0 Å². The predicted octanol–water partition coefficient (Wildman–Crippen LogP) is 3.37. The van der Waals surface area contributed by atoms with E-state index >= 15 is 0 Å². The van der Waals surface area contributed by atoms with E-state index in [1.54, 1.807) is 12.1 Å². The van der Waals surface area contributed by atoms with E-state index in [1.165, 1.54) is 0 Å². The average molecular weight is 316 g/mol. The first-order valence-electron chi connectivity index (χ1n) is 6.63. The lowest BCUT2D eigenvalue weighted by Gasteiger charge is -2.03. The van der Waals surface area contributed by atoms with Gasteiger partial charge in [0, 0.05) is 5.56 Å². The predicted molar refractivity (Wildman–Crippen MR) is 75.2 cm³/mol. The number of carbonyl (C=O) groups excluding carboxylic acids is 1. The molecule has 0 aliphatic heterocycles. The molecule has 3 rings (SSSR count). The molecule has 0 saturated carbocycles. The number of ether oxygens (including phenoxy) is 1. The fourth-order valence-corrected chi connectivity index (χ4v) is 1.88. The van der Waals surface area contributed by atoms with E-state index in [4.69, 9.17) is 9.26 Å². The zero-order chi connectivity index (χ0) is 16.2. The van der Waals surface area contributed by atoms with Gasteiger partial charge >= 0.3 is 5.97 Å². The monoisotopic (exact) mass is 316 g/mol. The molecule has 0 saturated heterocycles. The highest BCUT2D eigenvalue weighted by Gasteiger charge is 2.16. The Morgan fingerprint density at radius 1 is 1.13 bits per heavy atom. The molecular formula is C16H10F2N2O3. The van der Waals surface area contributed by atoms with Gasteiger partial charge in [0.15, 0.2) is 6.61 Å². The molecule has 0 amide bonds. The largest absolute Gasteiger partial charge is 0.452 e. The van der Waals surface area contributed by atoms with Crippen LogP contribution in [0.1, 0.15) is 16.2 Å². The Balaban J connectivity index is 1.68. The zero-order valence-electron chi connectivity index (χ0n) is 11.7. The third-order valence-corrected chi connectivity index (χ3v) is 2.98. The van der Waals surface area contributed by atoms with E-state index in [0.29, 0.717) is 5.82 Å². The fourth-order valence-electron chi connectivity index (χ4n) is 1.88. The van der Waals surface area contributed by atoms with Gasteiger partial charge < -0.3 is 9.26 Å². The highest BCUT2D eigenvalue weighted by atomic mass is 19.1. The summed E-state index contributed by atoms with van der Waals surface area (Å²) in [5.74, 6) is -2.22. The summed E-state index contributed by atoms with van der Waals surface area (Å²) in [6.07, 6.45) is 0. The first-order valence-corrected chi connectivity index (χ1v) is 6.63. The minimum Gasteiger partial charge on any atom is -0.452 e. The molecule has 0 fully saturated rings. The van der Waals surface area contributed by atoms with Crippen molar-refractivity contribution in [1.82, 2.24) is 10.1 Å². The maximum absolute atomic E-state index is 13.5. The number of hydrogen-bond donors (Lipinski definition) is 0. The molecule has 7 heteroatoms. The topological polar surface area (TPSA) is 65.2 Å². The van der Waals surface area contributed by atoms with Crippen LogP contribution in [0.15, 0.2) is 53.1 Å². The molecule has 0 spiro atoms. The van der Waals surface area contributed by atoms with Crippen LogP contribution < -0.4 is 0 Å². The number of esters is 1. The number of rotatable bonds is 4. The lowest BCUT2D eigenvalue weighted by molar-refractivity contribution is 0.0424. The highest BCUT2D eigenvalue weighted by Crippen LogP contribution is 2.16. The van der Waals surface area contributed by atoms with E-state index in [2.05, 4.69) is 10.1 Å². The van der Waals surface area contributed by atoms with Crippen molar-refractivity contribution in [3.05, 3.63) is 71.6 Å². The molecule has 0 unspecified atom stereocenters. The van der Waals surface area contributed by atoms with Gasteiger partial charge in [0.25, 0.3) is 5.89 Å². The van der Waals surface area contributed by atoms with Crippen molar-refractivity contribution in [2.24, 2.45) is 0 Å². The van der Waals surface area contributed by atoms with E-state index < -0.39 is 23.2 Å². The van der Waals surface area contributed by atoms with Gasteiger partial charge in [0.2, 0.25) is 5.82 Å². The van der Waals surface area contributed by atoms with Crippen molar-refractivity contribution >= 4 is 5.97 Å². The van der Waals surface area contributed by atoms with E-state index in [1.807, 2.05) is 18.2 Å². The second-order valence-corrected chi connectivity index (χ2v) is 4.58. The van der Waals surface area contributed by atoms with Crippen LogP contribution in [-0.4, -0.2) is 16.1 Å². The van der Waals surface area contributed by atoms with Crippen molar-refractivity contribution in [2.45, 2.75) is 6.61 Å². The maximum atomic E-state index is 13.5. The number of benzene rings is 2. The van der Waals surface area contributed by atoms with Gasteiger partial charge in [0.1, 0.15) is 11.6 Å². The summed E-state index contributed by atoms with van der Waals surface area (Å²) >= 11 is 0. The van der Waals surface area contributed by atoms with Crippen LogP contribution in [0.2, 0.25) is 0 Å². The molecule has 0 atom stereocenters. The van der Waals surface area contributed by atoms with Gasteiger partial charge in [-0.15, -0.1) is 0 Å². The third kappa shape index (κ3) is 3.39. The maximum Gasteiger partial charge on any atom is 0.341 e. The Kier molecular flexibility index (Phi) is 4.09. The number of hydrogen-bond acceptors (Lipinski definition) is 5. The normalized spacial score (nSPS) is 10.5. The minimum atomic E-state index is -1.01. The first-order chi connectivity index (χ1) is 11.1. The molecule has 23 heavy (non-hydrogen) atoms. The van der Waals surface area contributed by atoms with Gasteiger partial charge in [-0.05, 0) is 18.2 Å². The molecule has 0 radical (unpaired) electrons. The smallest absolute Gasteiger partial charge is 0.341 e. The van der Waals surface area contributed by atoms with Crippen molar-refractivity contribution in [3.8, 4) is 11.4 Å². The molecular weight excluding hydrogens is 306 g/mol. The van der Waals surface area contributed by atoms with Crippen LogP contribution in [0, 0.1) is 11.6 Å². The molecule has 0 bridgehead atoms. The van der Waals surface area contributed by atoms with Crippen molar-refractivity contribution in [2.75, 3.05) is 0 Å². The highest BCUT2D eigenvalue weighted by molar-refractivity contribution is 5.89. The van der Waals surface area contributed by atoms with E-state index in [-0.39, 0.29) is 12.5 Å². The Morgan fingerprint density at radius 2 is 1.91 bits per heavy atom. The SMILES string of the molecule is O=C(OCc1nc(-c2ccccc2)no1)c1cc(F)ccc1F. The Bertz CT molecular complexity index is 834. The second kappa shape index (κ2) is 6.35. The molecule has 3 aromatic rings. The summed E-state index contributed by atoms with van der Waals surface area (Å²) in [4.78, 5) is 15.8. The van der Waals surface area contributed by atoms with Gasteiger partial charge in [-0.25, -0.2) is 13.6 Å². The second-order valence-electron chi connectivity index (χ2n) is 4.58. The summed E-state index contributed by atoms with van der Waals surface area (Å²) in [6, 6.07) is 11.6. The van der Waals surface area contributed by atoms with Crippen LogP contribution >= 0.6 is 0 Å². The van der Waals surface area contributed by atoms with Gasteiger partial charge in [-0.3, -0.25) is 0 Å². The Labute approximate surface area is 129 Å². The van der Waals surface area contributed by atoms with Crippen LogP contribution in [-0.2, 0) is 11.3 Å². The molecule has 1 heterocycles. The summed E-state index contributed by atoms with van der Waals surface area (Å²) in [6.45, 7) is -0.339. The van der Waals surface area contributed by atoms with Gasteiger partial charge in [0.05, 0.1) is 5.56 Å². The number of nitrogens with zero attached hydrogens (tertiary/aromatic N) is 2. The standard InChI is InChI=1S/C16H10F2N2O3/c17-11-6-7-13(18)12(8-11)16(21)22-9-14-19-15(20-23-14)10-4-2-1-3-5-10/h1-8H,9H2. The lowest BCUT2D eigenvalue weighted by atomic mass is 10.2. The molecule has 5 nitrogen and oxygen atoms in total. The summed E-state index contributed by atoms with van der Waals surface area (Å²) in [5.41, 5.74) is 0.248. The average Bonchev–Trinajstić information content (AvgIpc) is 3.05. The summed E-state index contributed by atoms with van der Waals surface area (Å²) in [7, 11) is 0. The first kappa shape index (κ1) is 14.8. The number of aromatic nitrogens is 2. The fraction of sp³-hybridized carbons (Fsp3) is 0.0625. The molecule has 0 aliphatic rings. The van der Waals surface area contributed by atoms with E-state index in [9.17, 15) is 13.6 Å². The van der Waals surface area contributed by atoms with Crippen molar-refractivity contribution in [3.63, 3.8) is 0 Å². The number of carbonyl (C=O) groups is 1. The summed E-state index contributed by atoms with van der Waals surface area (Å²) in [5, 5.41) is 3.76. The third-order valence-electron chi connectivity index (χ3n) is 2.98. The van der Waals surface area contributed by atoms with Gasteiger partial charge in [-0.1, -0.05) is 35.5 Å². The van der Waals surface area contributed by atoms with Crippen molar-refractivity contribution in [1.29, 1.82) is 0 Å².